The minimum atomic E-state index is -0.240. The Bertz CT molecular complexity index is 1060. The Morgan fingerprint density at radius 1 is 1.15 bits per heavy atom. The molecule has 2 aromatic carbocycles. The van der Waals surface area contributed by atoms with Gasteiger partial charge >= 0.3 is 5.97 Å². The molecule has 2 aliphatic heterocycles. The van der Waals surface area contributed by atoms with Gasteiger partial charge in [-0.3, -0.25) is 14.5 Å². The van der Waals surface area contributed by atoms with E-state index in [4.69, 9.17) is 26.2 Å². The molecule has 1 saturated heterocycles. The smallest absolute Gasteiger partial charge is 0.310 e. The van der Waals surface area contributed by atoms with Crippen molar-refractivity contribution in [1.29, 1.82) is 0 Å². The van der Waals surface area contributed by atoms with Crippen molar-refractivity contribution >= 4 is 29.2 Å². The van der Waals surface area contributed by atoms with Crippen molar-refractivity contribution in [3.05, 3.63) is 64.7 Å². The van der Waals surface area contributed by atoms with Gasteiger partial charge in [0.2, 0.25) is 0 Å². The lowest BCUT2D eigenvalue weighted by Crippen LogP contribution is -2.44. The minimum Gasteiger partial charge on any atom is -0.497 e. The summed E-state index contributed by atoms with van der Waals surface area (Å²) in [6, 6.07) is 15.0. The van der Waals surface area contributed by atoms with Crippen molar-refractivity contribution in [3.8, 4) is 5.75 Å². The number of hydrogen-bond acceptors (Lipinski definition) is 6. The summed E-state index contributed by atoms with van der Waals surface area (Å²) in [6.45, 7) is 3.66. The molecule has 0 unspecified atom stereocenters. The van der Waals surface area contributed by atoms with Crippen molar-refractivity contribution in [3.63, 3.8) is 0 Å². The van der Waals surface area contributed by atoms with Gasteiger partial charge in [0.1, 0.15) is 5.75 Å². The summed E-state index contributed by atoms with van der Waals surface area (Å²) >= 11 is 6.44. The summed E-state index contributed by atoms with van der Waals surface area (Å²) in [6.07, 6.45) is 2.20. The number of ether oxygens (including phenoxy) is 2. The van der Waals surface area contributed by atoms with Crippen LogP contribution in [0.2, 0.25) is 5.02 Å². The van der Waals surface area contributed by atoms with Crippen molar-refractivity contribution in [1.82, 2.24) is 9.91 Å². The molecule has 1 amide bonds. The summed E-state index contributed by atoms with van der Waals surface area (Å²) in [5.74, 6) is 0.271. The zero-order chi connectivity index (χ0) is 24.1. The van der Waals surface area contributed by atoms with E-state index in [1.807, 2.05) is 60.4 Å². The molecule has 2 heterocycles. The van der Waals surface area contributed by atoms with E-state index in [-0.39, 0.29) is 30.4 Å². The van der Waals surface area contributed by atoms with Gasteiger partial charge in [0.05, 0.1) is 37.9 Å². The van der Waals surface area contributed by atoms with Gasteiger partial charge in [0.25, 0.3) is 5.91 Å². The molecule has 0 N–H and O–H groups in total. The molecule has 0 radical (unpaired) electrons. The van der Waals surface area contributed by atoms with E-state index < -0.39 is 0 Å². The number of methoxy groups -OCH3 is 1. The second-order valence-corrected chi connectivity index (χ2v) is 8.99. The Hall–Kier alpha value is -2.90. The van der Waals surface area contributed by atoms with Crippen LogP contribution in [0.15, 0.2) is 53.6 Å². The van der Waals surface area contributed by atoms with Gasteiger partial charge in [-0.1, -0.05) is 41.9 Å². The molecule has 4 rings (SSSR count). The molecule has 34 heavy (non-hydrogen) atoms. The highest BCUT2D eigenvalue weighted by atomic mass is 35.5. The number of piperidine rings is 1. The van der Waals surface area contributed by atoms with Gasteiger partial charge in [-0.2, -0.15) is 5.10 Å². The molecule has 180 valence electrons. The Balaban J connectivity index is 1.55. The van der Waals surface area contributed by atoms with E-state index in [0.29, 0.717) is 24.6 Å². The van der Waals surface area contributed by atoms with Crippen molar-refractivity contribution in [2.24, 2.45) is 11.0 Å². The zero-order valence-corrected chi connectivity index (χ0v) is 20.3. The Morgan fingerprint density at radius 3 is 2.62 bits per heavy atom. The van der Waals surface area contributed by atoms with Crippen LogP contribution in [0.3, 0.4) is 0 Å². The van der Waals surface area contributed by atoms with Crippen molar-refractivity contribution < 1.29 is 19.1 Å². The van der Waals surface area contributed by atoms with E-state index in [9.17, 15) is 9.59 Å². The summed E-state index contributed by atoms with van der Waals surface area (Å²) in [4.78, 5) is 27.7. The quantitative estimate of drug-likeness (QED) is 0.549. The average molecular weight is 484 g/mol. The topological polar surface area (TPSA) is 71.4 Å². The number of hydrazone groups is 1. The van der Waals surface area contributed by atoms with Gasteiger partial charge in [0, 0.05) is 23.6 Å². The first kappa shape index (κ1) is 24.2. The van der Waals surface area contributed by atoms with Crippen LogP contribution in [0.1, 0.15) is 43.4 Å². The molecule has 0 aliphatic carbocycles. The molecular weight excluding hydrogens is 454 g/mol. The number of likely N-dealkylation sites (tertiary alicyclic amines) is 1. The third kappa shape index (κ3) is 5.42. The van der Waals surface area contributed by atoms with Crippen molar-refractivity contribution in [2.45, 2.75) is 32.2 Å². The van der Waals surface area contributed by atoms with Crippen LogP contribution in [0.25, 0.3) is 0 Å². The van der Waals surface area contributed by atoms with Crippen LogP contribution >= 0.6 is 11.6 Å². The lowest BCUT2D eigenvalue weighted by molar-refractivity contribution is -0.150. The van der Waals surface area contributed by atoms with Crippen molar-refractivity contribution in [2.75, 3.05) is 33.4 Å². The van der Waals surface area contributed by atoms with E-state index >= 15 is 0 Å². The zero-order valence-electron chi connectivity index (χ0n) is 19.6. The van der Waals surface area contributed by atoms with Crippen LogP contribution < -0.4 is 4.74 Å². The number of carbonyl (C=O) groups excluding carboxylic acids is 2. The maximum atomic E-state index is 13.5. The number of rotatable bonds is 7. The second-order valence-electron chi connectivity index (χ2n) is 8.58. The normalized spacial score (nSPS) is 20.7. The Labute approximate surface area is 205 Å². The molecule has 0 saturated carbocycles. The summed E-state index contributed by atoms with van der Waals surface area (Å²) in [5.41, 5.74) is 2.59. The number of nitrogens with zero attached hydrogens (tertiary/aromatic N) is 3. The number of esters is 1. The highest BCUT2D eigenvalue weighted by molar-refractivity contribution is 6.34. The SMILES string of the molecule is CCOC(=O)[C@@H]1CCCN(CC(=O)N2N=C(c3ccccc3Cl)C[C@H]2c2ccc(OC)cc2)C1. The fourth-order valence-electron chi connectivity index (χ4n) is 4.60. The van der Waals surface area contributed by atoms with E-state index in [1.54, 1.807) is 12.1 Å². The maximum Gasteiger partial charge on any atom is 0.310 e. The minimum absolute atomic E-state index is 0.104. The number of halogens is 1. The third-order valence-electron chi connectivity index (χ3n) is 6.34. The van der Waals surface area contributed by atoms with E-state index in [0.717, 1.165) is 42.0 Å². The number of benzene rings is 2. The molecule has 0 aromatic heterocycles. The fourth-order valence-corrected chi connectivity index (χ4v) is 4.84. The van der Waals surface area contributed by atoms with Crippen LogP contribution in [-0.4, -0.2) is 60.8 Å². The molecule has 7 nitrogen and oxygen atoms in total. The highest BCUT2D eigenvalue weighted by Crippen LogP contribution is 2.35. The molecule has 0 bridgehead atoms. The summed E-state index contributed by atoms with van der Waals surface area (Å²) in [7, 11) is 1.63. The lowest BCUT2D eigenvalue weighted by Gasteiger charge is -2.32. The average Bonchev–Trinajstić information content (AvgIpc) is 3.30. The first-order valence-electron chi connectivity index (χ1n) is 11.7. The standard InChI is InChI=1S/C26H30ClN3O4/c1-3-34-26(32)19-7-6-14-29(16-19)17-25(31)30-24(18-10-12-20(33-2)13-11-18)15-23(28-30)21-8-4-5-9-22(21)27/h4-5,8-13,19,24H,3,6-7,14-17H2,1-2H3/t19-,24+/m1/s1. The summed E-state index contributed by atoms with van der Waals surface area (Å²) < 4.78 is 10.5. The summed E-state index contributed by atoms with van der Waals surface area (Å²) in [5, 5.41) is 6.92. The molecule has 0 spiro atoms. The van der Waals surface area contributed by atoms with E-state index in [2.05, 4.69) is 0 Å². The highest BCUT2D eigenvalue weighted by Gasteiger charge is 2.35. The van der Waals surface area contributed by atoms with Crippen LogP contribution in [0, 0.1) is 5.92 Å². The predicted molar refractivity (Wildman–Crippen MR) is 131 cm³/mol. The predicted octanol–water partition coefficient (Wildman–Crippen LogP) is 4.30. The molecule has 1 fully saturated rings. The number of amides is 1. The number of hydrogen-bond donors (Lipinski definition) is 0. The molecule has 2 aliphatic rings. The van der Waals surface area contributed by atoms with Gasteiger partial charge in [0.15, 0.2) is 0 Å². The van der Waals surface area contributed by atoms with Gasteiger partial charge in [-0.25, -0.2) is 5.01 Å². The Morgan fingerprint density at radius 2 is 1.91 bits per heavy atom. The molecular formula is C26H30ClN3O4. The van der Waals surface area contributed by atoms with Gasteiger partial charge in [-0.05, 0) is 50.1 Å². The first-order chi connectivity index (χ1) is 16.5. The van der Waals surface area contributed by atoms with Crippen LogP contribution in [0.5, 0.6) is 5.75 Å². The van der Waals surface area contributed by atoms with Gasteiger partial charge < -0.3 is 9.47 Å². The van der Waals surface area contributed by atoms with E-state index in [1.165, 1.54) is 0 Å². The molecule has 8 heteroatoms. The largest absolute Gasteiger partial charge is 0.497 e. The van der Waals surface area contributed by atoms with Crippen LogP contribution in [-0.2, 0) is 14.3 Å². The fraction of sp³-hybridized carbons (Fsp3) is 0.423. The monoisotopic (exact) mass is 483 g/mol. The Kier molecular flexibility index (Phi) is 7.85. The number of carbonyl (C=O) groups is 2. The first-order valence-corrected chi connectivity index (χ1v) is 12.0. The maximum absolute atomic E-state index is 13.5. The molecule has 2 atom stereocenters. The van der Waals surface area contributed by atoms with Crippen LogP contribution in [0.4, 0.5) is 0 Å². The molecule has 2 aromatic rings. The lowest BCUT2D eigenvalue weighted by atomic mass is 9.97. The second kappa shape index (κ2) is 11.0. The van der Waals surface area contributed by atoms with Gasteiger partial charge in [-0.15, -0.1) is 0 Å². The third-order valence-corrected chi connectivity index (χ3v) is 6.67.